The first kappa shape index (κ1) is 24.0. The van der Waals surface area contributed by atoms with Crippen LogP contribution in [-0.4, -0.2) is 44.6 Å². The van der Waals surface area contributed by atoms with E-state index in [2.05, 4.69) is 32.5 Å². The van der Waals surface area contributed by atoms with E-state index in [1.807, 2.05) is 70.0 Å². The van der Waals surface area contributed by atoms with Crippen LogP contribution in [0.2, 0.25) is 0 Å². The lowest BCUT2D eigenvalue weighted by atomic mass is 10.1. The minimum atomic E-state index is -0.140. The highest BCUT2D eigenvalue weighted by atomic mass is 16.1. The zero-order valence-electron chi connectivity index (χ0n) is 22.3. The van der Waals surface area contributed by atoms with Crippen molar-refractivity contribution in [1.29, 1.82) is 0 Å². The highest BCUT2D eigenvalue weighted by Gasteiger charge is 2.27. The number of pyridine rings is 3. The lowest BCUT2D eigenvalue weighted by Gasteiger charge is -2.16. The number of hydrogen-bond donors (Lipinski definition) is 2. The van der Waals surface area contributed by atoms with E-state index in [1.165, 1.54) is 0 Å². The molecule has 0 bridgehead atoms. The van der Waals surface area contributed by atoms with Gasteiger partial charge < -0.3 is 15.5 Å². The van der Waals surface area contributed by atoms with Gasteiger partial charge >= 0.3 is 0 Å². The minimum absolute atomic E-state index is 0.103. The van der Waals surface area contributed by atoms with Crippen LogP contribution >= 0.6 is 0 Å². The van der Waals surface area contributed by atoms with E-state index in [4.69, 9.17) is 15.7 Å². The summed E-state index contributed by atoms with van der Waals surface area (Å²) in [6, 6.07) is 19.3. The van der Waals surface area contributed by atoms with Gasteiger partial charge in [0.15, 0.2) is 17.3 Å². The van der Waals surface area contributed by atoms with Gasteiger partial charge in [-0.25, -0.2) is 24.6 Å². The molecular formula is C31H24N10O. The monoisotopic (exact) mass is 552 g/mol. The molecule has 1 aliphatic carbocycles. The fraction of sp³-hybridized carbons (Fsp3) is 0.0968. The number of aryl methyl sites for hydroxylation is 1. The van der Waals surface area contributed by atoms with Crippen LogP contribution in [0.1, 0.15) is 33.9 Å². The summed E-state index contributed by atoms with van der Waals surface area (Å²) in [5, 5.41) is 7.57. The van der Waals surface area contributed by atoms with E-state index in [0.717, 1.165) is 40.7 Å². The predicted octanol–water partition coefficient (Wildman–Crippen LogP) is 4.32. The summed E-state index contributed by atoms with van der Waals surface area (Å²) in [5.41, 5.74) is 12.8. The average molecular weight is 553 g/mol. The first-order chi connectivity index (χ1) is 20.6. The Bertz CT molecular complexity index is 2130. The van der Waals surface area contributed by atoms with E-state index >= 15 is 0 Å². The van der Waals surface area contributed by atoms with Gasteiger partial charge in [-0.15, -0.1) is 0 Å². The molecule has 3 N–H and O–H groups in total. The normalized spacial score (nSPS) is 14.4. The van der Waals surface area contributed by atoms with Gasteiger partial charge in [0.2, 0.25) is 0 Å². The molecule has 0 radical (unpaired) electrons. The second-order valence-corrected chi connectivity index (χ2v) is 10.2. The fourth-order valence-corrected chi connectivity index (χ4v) is 5.77. The maximum absolute atomic E-state index is 13.3. The SMILES string of the molecule is Nc1ncccc1-c1nc2ccc(-n3cccn3)nc2n1-c1ccc2c(c1)CC[C@@H]2NC(=O)c1cccn2ccnc12. The molecule has 204 valence electrons. The Hall–Kier alpha value is -5.84. The largest absolute Gasteiger partial charge is 0.383 e. The standard InChI is InChI=1S/C31H24N10O/c32-27-22(4-1-12-33-27)29-36-25-10-11-26(40-16-3-13-35-40)38-30(25)41(29)20-7-8-21-19(18-20)6-9-24(21)37-31(42)23-5-2-15-39-17-14-34-28(23)39/h1-5,7-8,10-18,24H,6,9H2,(H2,32,33)(H,37,42)/t24-/m0/s1. The zero-order chi connectivity index (χ0) is 28.2. The minimum Gasteiger partial charge on any atom is -0.383 e. The molecule has 0 saturated heterocycles. The molecule has 1 atom stereocenters. The maximum Gasteiger partial charge on any atom is 0.255 e. The third-order valence-electron chi connectivity index (χ3n) is 7.74. The number of nitrogen functional groups attached to an aromatic ring is 1. The van der Waals surface area contributed by atoms with Crippen LogP contribution in [-0.2, 0) is 6.42 Å². The zero-order valence-corrected chi connectivity index (χ0v) is 22.3. The molecule has 6 aromatic heterocycles. The van der Waals surface area contributed by atoms with Gasteiger partial charge in [-0.2, -0.15) is 5.10 Å². The number of amides is 1. The van der Waals surface area contributed by atoms with Gasteiger partial charge in [0.25, 0.3) is 5.91 Å². The number of carbonyl (C=O) groups excluding carboxylic acids is 1. The summed E-state index contributed by atoms with van der Waals surface area (Å²) in [6.07, 6.45) is 12.3. The summed E-state index contributed by atoms with van der Waals surface area (Å²) in [4.78, 5) is 31.8. The first-order valence-corrected chi connectivity index (χ1v) is 13.6. The Balaban J connectivity index is 1.20. The molecule has 0 saturated carbocycles. The number of hydrogen-bond acceptors (Lipinski definition) is 7. The number of aromatic nitrogens is 8. The van der Waals surface area contributed by atoms with Crippen molar-refractivity contribution in [3.05, 3.63) is 115 Å². The molecule has 0 unspecified atom stereocenters. The molecule has 8 rings (SSSR count). The fourth-order valence-electron chi connectivity index (χ4n) is 5.77. The number of fused-ring (bicyclic) bond motifs is 3. The third-order valence-corrected chi connectivity index (χ3v) is 7.74. The van der Waals surface area contributed by atoms with E-state index in [0.29, 0.717) is 34.3 Å². The van der Waals surface area contributed by atoms with Crippen molar-refractivity contribution in [2.45, 2.75) is 18.9 Å². The van der Waals surface area contributed by atoms with Gasteiger partial charge in [-0.3, -0.25) is 9.36 Å². The number of imidazole rings is 2. The van der Waals surface area contributed by atoms with Gasteiger partial charge in [0.05, 0.1) is 17.2 Å². The van der Waals surface area contributed by atoms with Crippen LogP contribution in [0, 0.1) is 0 Å². The molecular weight excluding hydrogens is 528 g/mol. The van der Waals surface area contributed by atoms with Crippen molar-refractivity contribution in [2.75, 3.05) is 5.73 Å². The summed E-state index contributed by atoms with van der Waals surface area (Å²) >= 11 is 0. The highest BCUT2D eigenvalue weighted by molar-refractivity contribution is 6.00. The van der Waals surface area contributed by atoms with Crippen LogP contribution in [0.3, 0.4) is 0 Å². The van der Waals surface area contributed by atoms with Crippen LogP contribution in [0.4, 0.5) is 5.82 Å². The lowest BCUT2D eigenvalue weighted by molar-refractivity contribution is 0.0938. The van der Waals surface area contributed by atoms with Crippen molar-refractivity contribution < 1.29 is 4.79 Å². The molecule has 1 aliphatic rings. The Labute approximate surface area is 239 Å². The van der Waals surface area contributed by atoms with Crippen molar-refractivity contribution in [3.8, 4) is 22.9 Å². The van der Waals surface area contributed by atoms with E-state index in [9.17, 15) is 4.79 Å². The van der Waals surface area contributed by atoms with Gasteiger partial charge in [0, 0.05) is 42.9 Å². The van der Waals surface area contributed by atoms with E-state index in [-0.39, 0.29) is 11.9 Å². The van der Waals surface area contributed by atoms with Gasteiger partial charge in [-0.1, -0.05) is 6.07 Å². The molecule has 11 nitrogen and oxygen atoms in total. The van der Waals surface area contributed by atoms with E-state index in [1.54, 1.807) is 29.3 Å². The number of nitrogens with one attached hydrogen (secondary N) is 1. The van der Waals surface area contributed by atoms with Crippen molar-refractivity contribution >= 4 is 28.5 Å². The number of carbonyl (C=O) groups is 1. The van der Waals surface area contributed by atoms with Gasteiger partial charge in [0.1, 0.15) is 17.0 Å². The third kappa shape index (κ3) is 3.82. The molecule has 0 fully saturated rings. The van der Waals surface area contributed by atoms with Gasteiger partial charge in [-0.05, 0) is 78.6 Å². The van der Waals surface area contributed by atoms with Crippen molar-refractivity contribution in [3.63, 3.8) is 0 Å². The smallest absolute Gasteiger partial charge is 0.255 e. The molecule has 7 aromatic rings. The van der Waals surface area contributed by atoms with Crippen LogP contribution < -0.4 is 11.1 Å². The predicted molar refractivity (Wildman–Crippen MR) is 157 cm³/mol. The molecule has 11 heteroatoms. The maximum atomic E-state index is 13.3. The number of benzene rings is 1. The molecule has 42 heavy (non-hydrogen) atoms. The summed E-state index contributed by atoms with van der Waals surface area (Å²) in [7, 11) is 0. The number of anilines is 1. The van der Waals surface area contributed by atoms with Crippen molar-refractivity contribution in [2.24, 2.45) is 0 Å². The van der Waals surface area contributed by atoms with Crippen LogP contribution in [0.5, 0.6) is 0 Å². The average Bonchev–Trinajstić information content (AvgIpc) is 3.83. The lowest BCUT2D eigenvalue weighted by Crippen LogP contribution is -2.27. The number of nitrogens with two attached hydrogens (primary N) is 1. The Morgan fingerprint density at radius 2 is 1.86 bits per heavy atom. The summed E-state index contributed by atoms with van der Waals surface area (Å²) in [5.74, 6) is 1.57. The Kier molecular flexibility index (Phi) is 5.36. The topological polar surface area (TPSA) is 134 Å². The Morgan fingerprint density at radius 1 is 0.905 bits per heavy atom. The van der Waals surface area contributed by atoms with Crippen LogP contribution in [0.15, 0.2) is 97.8 Å². The molecule has 0 spiro atoms. The molecule has 1 amide bonds. The Morgan fingerprint density at radius 3 is 2.74 bits per heavy atom. The molecule has 0 aliphatic heterocycles. The molecule has 1 aromatic carbocycles. The quantitative estimate of drug-likeness (QED) is 0.325. The van der Waals surface area contributed by atoms with Crippen LogP contribution in [0.25, 0.3) is 39.7 Å². The summed E-state index contributed by atoms with van der Waals surface area (Å²) < 4.78 is 5.58. The number of nitrogens with zero attached hydrogens (tertiary/aromatic N) is 8. The number of rotatable bonds is 5. The highest BCUT2D eigenvalue weighted by Crippen LogP contribution is 2.36. The summed E-state index contributed by atoms with van der Waals surface area (Å²) in [6.45, 7) is 0. The van der Waals surface area contributed by atoms with E-state index < -0.39 is 0 Å². The first-order valence-electron chi connectivity index (χ1n) is 13.6. The molecule has 6 heterocycles. The second-order valence-electron chi connectivity index (χ2n) is 10.2. The van der Waals surface area contributed by atoms with Crippen molar-refractivity contribution in [1.82, 2.24) is 44.0 Å². The second kappa shape index (κ2) is 9.37.